The van der Waals surface area contributed by atoms with Gasteiger partial charge in [0.25, 0.3) is 6.43 Å². The third-order valence-corrected chi connectivity index (χ3v) is 8.08. The SMILES string of the molecule is Cc1ccc(OP(=S)(OC[C@@]2(C(F)F)O[C@@H](N3C=CC(=O)CC3=O)[C@H](O)[C@@H]2F)Oc2ccc(C)cc2)cc1. The molecule has 0 spiro atoms. The highest BCUT2D eigenvalue weighted by molar-refractivity contribution is 8.07. The number of ketones is 1. The highest BCUT2D eigenvalue weighted by Gasteiger charge is 2.63. The predicted molar refractivity (Wildman–Crippen MR) is 134 cm³/mol. The number of hydrogen-bond acceptors (Lipinski definition) is 8. The molecule has 0 aliphatic carbocycles. The van der Waals surface area contributed by atoms with Gasteiger partial charge in [0, 0.05) is 18.0 Å². The van der Waals surface area contributed by atoms with E-state index in [1.54, 1.807) is 48.5 Å². The van der Waals surface area contributed by atoms with Gasteiger partial charge >= 0.3 is 6.72 Å². The smallest absolute Gasteiger partial charge is 0.416 e. The maximum absolute atomic E-state index is 15.3. The van der Waals surface area contributed by atoms with E-state index >= 15 is 4.39 Å². The summed E-state index contributed by atoms with van der Waals surface area (Å²) in [5.41, 5.74) is -1.17. The molecule has 8 nitrogen and oxygen atoms in total. The Morgan fingerprint density at radius 1 is 1.08 bits per heavy atom. The number of allylic oxidation sites excluding steroid dienone is 1. The molecule has 2 aromatic rings. The number of amides is 1. The van der Waals surface area contributed by atoms with E-state index in [2.05, 4.69) is 0 Å². The molecule has 1 amide bonds. The Balaban J connectivity index is 1.61. The second-order valence-electron chi connectivity index (χ2n) is 8.95. The molecule has 0 saturated carbocycles. The average Bonchev–Trinajstić information content (AvgIpc) is 3.12. The minimum absolute atomic E-state index is 0.230. The summed E-state index contributed by atoms with van der Waals surface area (Å²) in [5.74, 6) is -0.905. The molecule has 0 unspecified atom stereocenters. The maximum atomic E-state index is 15.3. The highest BCUT2D eigenvalue weighted by atomic mass is 32.5. The van der Waals surface area contributed by atoms with Gasteiger partial charge in [-0.1, -0.05) is 35.4 Å². The van der Waals surface area contributed by atoms with Crippen molar-refractivity contribution in [1.29, 1.82) is 0 Å². The van der Waals surface area contributed by atoms with Crippen LogP contribution in [0.4, 0.5) is 13.2 Å². The summed E-state index contributed by atoms with van der Waals surface area (Å²) in [6.07, 6.45) is -8.79. The number of carbonyl (C=O) groups excluding carboxylic acids is 2. The lowest BCUT2D eigenvalue weighted by Crippen LogP contribution is -2.50. The fourth-order valence-corrected chi connectivity index (χ4v) is 5.78. The molecule has 0 radical (unpaired) electrons. The lowest BCUT2D eigenvalue weighted by atomic mass is 9.98. The maximum Gasteiger partial charge on any atom is 0.435 e. The van der Waals surface area contributed by atoms with Crippen LogP contribution in [-0.2, 0) is 30.7 Å². The van der Waals surface area contributed by atoms with Crippen molar-refractivity contribution in [2.45, 2.75) is 50.8 Å². The molecule has 4 rings (SSSR count). The van der Waals surface area contributed by atoms with Gasteiger partial charge in [0.2, 0.25) is 5.91 Å². The van der Waals surface area contributed by atoms with E-state index in [1.807, 2.05) is 13.8 Å². The molecule has 2 heterocycles. The van der Waals surface area contributed by atoms with Gasteiger partial charge in [-0.25, -0.2) is 13.2 Å². The molecule has 13 heteroatoms. The van der Waals surface area contributed by atoms with Crippen LogP contribution in [0.15, 0.2) is 60.8 Å². The molecule has 1 saturated heterocycles. The number of alkyl halides is 3. The zero-order valence-electron chi connectivity index (χ0n) is 20.3. The summed E-state index contributed by atoms with van der Waals surface area (Å²) < 4.78 is 66.6. The Bertz CT molecular complexity index is 1210. The summed E-state index contributed by atoms with van der Waals surface area (Å²) in [4.78, 5) is 24.5. The van der Waals surface area contributed by atoms with Crippen LogP contribution in [0, 0.1) is 13.8 Å². The van der Waals surface area contributed by atoms with Gasteiger partial charge in [-0.3, -0.25) is 19.0 Å². The summed E-state index contributed by atoms with van der Waals surface area (Å²) in [6, 6.07) is 13.3. The van der Waals surface area contributed by atoms with Crippen LogP contribution in [0.2, 0.25) is 0 Å². The second kappa shape index (κ2) is 11.2. The Hall–Kier alpha value is -2.76. The van der Waals surface area contributed by atoms with Crippen LogP contribution < -0.4 is 9.05 Å². The first kappa shape index (κ1) is 28.3. The molecule has 0 aromatic heterocycles. The molecule has 1 N–H and O–H groups in total. The van der Waals surface area contributed by atoms with Crippen molar-refractivity contribution in [3.05, 3.63) is 71.9 Å². The van der Waals surface area contributed by atoms with Gasteiger partial charge in [0.1, 0.15) is 17.6 Å². The van der Waals surface area contributed by atoms with Crippen molar-refractivity contribution in [3.8, 4) is 11.5 Å². The normalized spacial score (nSPS) is 25.8. The molecular weight excluding hydrogens is 546 g/mol. The summed E-state index contributed by atoms with van der Waals surface area (Å²) in [6.45, 7) is -1.38. The Morgan fingerprint density at radius 2 is 1.61 bits per heavy atom. The quantitative estimate of drug-likeness (QED) is 0.350. The Kier molecular flexibility index (Phi) is 8.29. The van der Waals surface area contributed by atoms with Crippen molar-refractivity contribution in [2.75, 3.05) is 6.61 Å². The minimum Gasteiger partial charge on any atom is -0.416 e. The van der Waals surface area contributed by atoms with E-state index in [4.69, 9.17) is 30.1 Å². The van der Waals surface area contributed by atoms with Crippen LogP contribution in [0.5, 0.6) is 11.5 Å². The van der Waals surface area contributed by atoms with Crippen LogP contribution in [-0.4, -0.2) is 58.8 Å². The molecule has 38 heavy (non-hydrogen) atoms. The summed E-state index contributed by atoms with van der Waals surface area (Å²) in [5, 5.41) is 10.4. The highest BCUT2D eigenvalue weighted by Crippen LogP contribution is 2.52. The van der Waals surface area contributed by atoms with E-state index in [-0.39, 0.29) is 11.5 Å². The van der Waals surface area contributed by atoms with E-state index in [1.165, 1.54) is 0 Å². The Morgan fingerprint density at radius 3 is 2.08 bits per heavy atom. The largest absolute Gasteiger partial charge is 0.435 e. The number of hydrogen-bond donors (Lipinski definition) is 1. The first-order valence-electron chi connectivity index (χ1n) is 11.5. The van der Waals surface area contributed by atoms with Gasteiger partial charge in [-0.05, 0) is 44.2 Å². The topological polar surface area (TPSA) is 94.5 Å². The van der Waals surface area contributed by atoms with E-state index in [0.29, 0.717) is 4.90 Å². The first-order chi connectivity index (χ1) is 17.9. The average molecular weight is 572 g/mol. The van der Waals surface area contributed by atoms with Crippen molar-refractivity contribution < 1.29 is 46.2 Å². The number of carbonyl (C=O) groups is 2. The predicted octanol–water partition coefficient (Wildman–Crippen LogP) is 4.38. The molecule has 1 fully saturated rings. The number of halogens is 3. The van der Waals surface area contributed by atoms with Crippen molar-refractivity contribution in [1.82, 2.24) is 4.90 Å². The second-order valence-corrected chi connectivity index (χ2v) is 11.8. The van der Waals surface area contributed by atoms with Gasteiger partial charge in [0.05, 0.1) is 13.0 Å². The van der Waals surface area contributed by atoms with Crippen LogP contribution in [0.3, 0.4) is 0 Å². The van der Waals surface area contributed by atoms with E-state index < -0.39 is 62.0 Å². The third kappa shape index (κ3) is 5.94. The molecule has 2 aliphatic rings. The number of rotatable bonds is 9. The lowest BCUT2D eigenvalue weighted by Gasteiger charge is -2.33. The van der Waals surface area contributed by atoms with Crippen LogP contribution in [0.25, 0.3) is 0 Å². The monoisotopic (exact) mass is 571 g/mol. The fourth-order valence-electron chi connectivity index (χ4n) is 3.84. The summed E-state index contributed by atoms with van der Waals surface area (Å²) in [7, 11) is 0. The van der Waals surface area contributed by atoms with Gasteiger partial charge in [-0.2, -0.15) is 0 Å². The molecular formula is C25H25F3NO7PS. The number of aliphatic hydroxyl groups excluding tert-OH is 1. The number of benzene rings is 2. The molecule has 0 bridgehead atoms. The number of ether oxygens (including phenoxy) is 1. The van der Waals surface area contributed by atoms with Crippen molar-refractivity contribution in [3.63, 3.8) is 0 Å². The minimum atomic E-state index is -3.91. The standard InChI is InChI=1S/C25H25F3NO7PS/c1-15-3-7-18(8-4-15)35-37(38,36-19-9-5-16(2)6-10-19)33-14-25(24(27)28)22(26)21(32)23(34-25)29-12-11-17(30)13-20(29)31/h3-12,21-24,32H,13-14H2,1-2H3/t21-,22+,23-,25-/m1/s1. The van der Waals surface area contributed by atoms with Crippen molar-refractivity contribution >= 4 is 30.2 Å². The van der Waals surface area contributed by atoms with E-state index in [9.17, 15) is 23.5 Å². The van der Waals surface area contributed by atoms with E-state index in [0.717, 1.165) is 23.4 Å². The zero-order chi connectivity index (χ0) is 27.7. The molecule has 2 aromatic carbocycles. The molecule has 204 valence electrons. The number of aryl methyl sites for hydroxylation is 2. The van der Waals surface area contributed by atoms with Gasteiger partial charge in [-0.15, -0.1) is 0 Å². The van der Waals surface area contributed by atoms with Crippen LogP contribution >= 0.6 is 6.72 Å². The first-order valence-corrected chi connectivity index (χ1v) is 14.1. The van der Waals surface area contributed by atoms with Crippen LogP contribution in [0.1, 0.15) is 17.5 Å². The fraction of sp³-hybridized carbons (Fsp3) is 0.360. The molecule has 2 aliphatic heterocycles. The number of nitrogens with zero attached hydrogens (tertiary/aromatic N) is 1. The molecule has 4 atom stereocenters. The number of aliphatic hydroxyl groups is 1. The third-order valence-electron chi connectivity index (χ3n) is 6.00. The van der Waals surface area contributed by atoms with Gasteiger partial charge < -0.3 is 18.9 Å². The Labute approximate surface area is 222 Å². The van der Waals surface area contributed by atoms with Crippen molar-refractivity contribution in [2.24, 2.45) is 0 Å². The summed E-state index contributed by atoms with van der Waals surface area (Å²) >= 11 is 5.50. The zero-order valence-corrected chi connectivity index (χ0v) is 22.0. The lowest BCUT2D eigenvalue weighted by molar-refractivity contribution is -0.193. The van der Waals surface area contributed by atoms with Gasteiger partial charge in [0.15, 0.2) is 23.8 Å².